The van der Waals surface area contributed by atoms with Crippen LogP contribution in [0.4, 0.5) is 0 Å². The highest BCUT2D eigenvalue weighted by molar-refractivity contribution is 5.55. The fraction of sp³-hybridized carbons (Fsp3) is 0.952. The molecular weight excluding hydrogens is 280 g/mol. The summed E-state index contributed by atoms with van der Waals surface area (Å²) < 4.78 is 0. The molecule has 0 atom stereocenters. The molecule has 0 radical (unpaired) electrons. The second-order valence-electron chi connectivity index (χ2n) is 6.93. The van der Waals surface area contributed by atoms with Crippen molar-refractivity contribution in [2.24, 2.45) is 5.10 Å². The molecule has 0 aromatic rings. The normalized spacial score (nSPS) is 11.4. The Morgan fingerprint density at radius 3 is 1.35 bits per heavy atom. The lowest BCUT2D eigenvalue weighted by atomic mass is 10.0. The van der Waals surface area contributed by atoms with Gasteiger partial charge in [0, 0.05) is 12.8 Å². The van der Waals surface area contributed by atoms with E-state index in [2.05, 4.69) is 24.4 Å². The topological polar surface area (TPSA) is 24.4 Å². The number of nitrogens with zero attached hydrogens (tertiary/aromatic N) is 1. The van der Waals surface area contributed by atoms with Crippen LogP contribution in [0.2, 0.25) is 0 Å². The van der Waals surface area contributed by atoms with Crippen LogP contribution < -0.4 is 5.43 Å². The lowest BCUT2D eigenvalue weighted by Crippen LogP contribution is -2.07. The molecule has 0 spiro atoms. The Morgan fingerprint density at radius 1 is 0.565 bits per heavy atom. The summed E-state index contributed by atoms with van der Waals surface area (Å²) in [6.07, 6.45) is 25.8. The highest BCUT2D eigenvalue weighted by Crippen LogP contribution is 2.13. The number of nitrogens with one attached hydrogen (secondary N) is 1. The van der Waals surface area contributed by atoms with Crippen LogP contribution in [-0.4, -0.2) is 12.8 Å². The first-order chi connectivity index (χ1) is 11.4. The Balaban J connectivity index is 2.96. The van der Waals surface area contributed by atoms with Crippen LogP contribution in [-0.2, 0) is 0 Å². The van der Waals surface area contributed by atoms with Crippen molar-refractivity contribution in [2.45, 2.75) is 123 Å². The van der Waals surface area contributed by atoms with E-state index in [0.717, 1.165) is 13.0 Å². The maximum atomic E-state index is 4.12. The minimum atomic E-state index is 1.02. The maximum absolute atomic E-state index is 4.12. The van der Waals surface area contributed by atoms with Gasteiger partial charge in [-0.15, -0.1) is 0 Å². The van der Waals surface area contributed by atoms with Crippen LogP contribution in [0.25, 0.3) is 0 Å². The van der Waals surface area contributed by atoms with Crippen molar-refractivity contribution in [3.8, 4) is 0 Å². The Hall–Kier alpha value is -0.530. The van der Waals surface area contributed by atoms with Gasteiger partial charge in [0.1, 0.15) is 0 Å². The van der Waals surface area contributed by atoms with Gasteiger partial charge in [0.15, 0.2) is 0 Å². The summed E-state index contributed by atoms with van der Waals surface area (Å²) in [5.74, 6) is 0. The van der Waals surface area contributed by atoms with Crippen molar-refractivity contribution >= 4 is 6.21 Å². The molecule has 0 saturated carbocycles. The Morgan fingerprint density at radius 2 is 0.957 bits per heavy atom. The van der Waals surface area contributed by atoms with Crippen molar-refractivity contribution < 1.29 is 0 Å². The van der Waals surface area contributed by atoms with Crippen LogP contribution in [0.5, 0.6) is 0 Å². The van der Waals surface area contributed by atoms with Gasteiger partial charge in [0.2, 0.25) is 0 Å². The average molecular weight is 325 g/mol. The average Bonchev–Trinajstić information content (AvgIpc) is 2.57. The number of hydrogen-bond donors (Lipinski definition) is 1. The van der Waals surface area contributed by atoms with Crippen molar-refractivity contribution in [1.82, 2.24) is 5.43 Å². The van der Waals surface area contributed by atoms with E-state index in [1.165, 1.54) is 103 Å². The molecule has 0 fully saturated rings. The lowest BCUT2D eigenvalue weighted by molar-refractivity contribution is 0.526. The van der Waals surface area contributed by atoms with Gasteiger partial charge >= 0.3 is 0 Å². The first-order valence-corrected chi connectivity index (χ1v) is 10.7. The fourth-order valence-corrected chi connectivity index (χ4v) is 2.97. The third-order valence-electron chi connectivity index (χ3n) is 4.51. The second kappa shape index (κ2) is 21.5. The Bertz CT molecular complexity index is 226. The number of hydrogen-bond acceptors (Lipinski definition) is 2. The SMILES string of the molecule is CCC=NNCCCCCCCCCCCCCCCCCC. The zero-order chi connectivity index (χ0) is 16.8. The number of rotatable bonds is 19. The molecular formula is C21H44N2. The molecule has 0 aromatic heterocycles. The van der Waals surface area contributed by atoms with Gasteiger partial charge < -0.3 is 5.43 Å². The van der Waals surface area contributed by atoms with E-state index in [4.69, 9.17) is 0 Å². The molecule has 0 saturated heterocycles. The highest BCUT2D eigenvalue weighted by atomic mass is 15.3. The largest absolute Gasteiger partial charge is 0.310 e. The Kier molecular flexibility index (Phi) is 21.0. The summed E-state index contributed by atoms with van der Waals surface area (Å²) in [7, 11) is 0. The van der Waals surface area contributed by atoms with Crippen LogP contribution >= 0.6 is 0 Å². The summed E-state index contributed by atoms with van der Waals surface area (Å²) >= 11 is 0. The molecule has 0 bridgehead atoms. The molecule has 138 valence electrons. The van der Waals surface area contributed by atoms with Gasteiger partial charge in [-0.25, -0.2) is 0 Å². The molecule has 23 heavy (non-hydrogen) atoms. The molecule has 0 aliphatic carbocycles. The summed E-state index contributed by atoms with van der Waals surface area (Å²) in [4.78, 5) is 0. The summed E-state index contributed by atoms with van der Waals surface area (Å²) in [5.41, 5.74) is 3.11. The Labute approximate surface area is 146 Å². The lowest BCUT2D eigenvalue weighted by Gasteiger charge is -2.03. The molecule has 0 amide bonds. The third kappa shape index (κ3) is 21.5. The van der Waals surface area contributed by atoms with Crippen LogP contribution in [0.1, 0.15) is 123 Å². The summed E-state index contributed by atoms with van der Waals surface area (Å²) in [6, 6.07) is 0. The van der Waals surface area contributed by atoms with E-state index in [9.17, 15) is 0 Å². The van der Waals surface area contributed by atoms with Gasteiger partial charge in [-0.2, -0.15) is 5.10 Å². The molecule has 2 heteroatoms. The smallest absolute Gasteiger partial charge is 0.0329 e. The van der Waals surface area contributed by atoms with Gasteiger partial charge in [-0.05, 0) is 12.8 Å². The second-order valence-corrected chi connectivity index (χ2v) is 6.93. The minimum Gasteiger partial charge on any atom is -0.310 e. The fourth-order valence-electron chi connectivity index (χ4n) is 2.97. The van der Waals surface area contributed by atoms with Crippen molar-refractivity contribution in [2.75, 3.05) is 6.54 Å². The van der Waals surface area contributed by atoms with Gasteiger partial charge in [0.05, 0.1) is 0 Å². The van der Waals surface area contributed by atoms with E-state index < -0.39 is 0 Å². The van der Waals surface area contributed by atoms with Crippen LogP contribution in [0.3, 0.4) is 0 Å². The monoisotopic (exact) mass is 324 g/mol. The van der Waals surface area contributed by atoms with Crippen LogP contribution in [0, 0.1) is 0 Å². The van der Waals surface area contributed by atoms with E-state index >= 15 is 0 Å². The molecule has 0 rings (SSSR count). The molecule has 1 N–H and O–H groups in total. The number of unbranched alkanes of at least 4 members (excludes halogenated alkanes) is 15. The first kappa shape index (κ1) is 22.5. The zero-order valence-electron chi connectivity index (χ0n) is 16.3. The van der Waals surface area contributed by atoms with E-state index in [1.807, 2.05) is 6.21 Å². The van der Waals surface area contributed by atoms with Crippen molar-refractivity contribution in [1.29, 1.82) is 0 Å². The van der Waals surface area contributed by atoms with Gasteiger partial charge in [-0.3, -0.25) is 0 Å². The quantitative estimate of drug-likeness (QED) is 0.151. The zero-order valence-corrected chi connectivity index (χ0v) is 16.3. The van der Waals surface area contributed by atoms with Crippen molar-refractivity contribution in [3.63, 3.8) is 0 Å². The van der Waals surface area contributed by atoms with E-state index in [-0.39, 0.29) is 0 Å². The molecule has 0 aromatic carbocycles. The third-order valence-corrected chi connectivity index (χ3v) is 4.51. The van der Waals surface area contributed by atoms with Crippen LogP contribution in [0.15, 0.2) is 5.10 Å². The standard InChI is InChI=1S/C21H44N2/c1-3-5-6-7-8-9-10-11-12-13-14-15-16-17-18-19-21-23-22-20-4-2/h20,23H,3-19,21H2,1-2H3. The van der Waals surface area contributed by atoms with Gasteiger partial charge in [-0.1, -0.05) is 110 Å². The maximum Gasteiger partial charge on any atom is 0.0329 e. The molecule has 2 nitrogen and oxygen atoms in total. The highest BCUT2D eigenvalue weighted by Gasteiger charge is 1.94. The van der Waals surface area contributed by atoms with Crippen molar-refractivity contribution in [3.05, 3.63) is 0 Å². The number of hydrazone groups is 1. The molecule has 0 aliphatic rings. The minimum absolute atomic E-state index is 1.02. The summed E-state index contributed by atoms with van der Waals surface area (Å²) in [6.45, 7) is 5.44. The predicted molar refractivity (Wildman–Crippen MR) is 106 cm³/mol. The molecule has 0 aliphatic heterocycles. The first-order valence-electron chi connectivity index (χ1n) is 10.7. The van der Waals surface area contributed by atoms with E-state index in [1.54, 1.807) is 0 Å². The molecule has 0 heterocycles. The van der Waals surface area contributed by atoms with Gasteiger partial charge in [0.25, 0.3) is 0 Å². The molecule has 0 unspecified atom stereocenters. The van der Waals surface area contributed by atoms with E-state index in [0.29, 0.717) is 0 Å². The summed E-state index contributed by atoms with van der Waals surface area (Å²) in [5, 5.41) is 4.12. The predicted octanol–water partition coefficient (Wildman–Crippen LogP) is 7.23.